The highest BCUT2D eigenvalue weighted by molar-refractivity contribution is 7.13. The standard InChI is InChI=1S/C21H20FN5O3S/c1-30-15-4-2-14(16(22)10-15)11-24-19(28)20(29)27-8-6-13-3-5-18(25-17(13)12-27)26-21-23-7-9-31-21/h2-5,7,9-10H,6,8,11-12H2,1H3,(H,24,28)(H,23,25,26). The third-order valence-corrected chi connectivity index (χ3v) is 5.60. The van der Waals surface area contributed by atoms with Crippen LogP contribution in [0.2, 0.25) is 0 Å². The molecule has 10 heteroatoms. The second kappa shape index (κ2) is 9.09. The van der Waals surface area contributed by atoms with E-state index in [2.05, 4.69) is 20.6 Å². The molecule has 1 aliphatic heterocycles. The minimum atomic E-state index is -0.782. The molecule has 31 heavy (non-hydrogen) atoms. The first kappa shape index (κ1) is 20.7. The van der Waals surface area contributed by atoms with Crippen molar-refractivity contribution >= 4 is 34.1 Å². The molecule has 0 fully saturated rings. The van der Waals surface area contributed by atoms with Crippen LogP contribution in [0, 0.1) is 5.82 Å². The number of halogens is 1. The summed E-state index contributed by atoms with van der Waals surface area (Å²) < 4.78 is 19.0. The van der Waals surface area contributed by atoms with E-state index in [1.807, 2.05) is 17.5 Å². The highest BCUT2D eigenvalue weighted by Gasteiger charge is 2.26. The maximum atomic E-state index is 14.0. The van der Waals surface area contributed by atoms with Crippen LogP contribution in [0.4, 0.5) is 15.3 Å². The van der Waals surface area contributed by atoms with Gasteiger partial charge in [0.15, 0.2) is 5.13 Å². The SMILES string of the molecule is COc1ccc(CNC(=O)C(=O)N2CCc3ccc(Nc4nccs4)nc3C2)c(F)c1. The number of hydrogen-bond donors (Lipinski definition) is 2. The normalized spacial score (nSPS) is 12.8. The molecular weight excluding hydrogens is 421 g/mol. The van der Waals surface area contributed by atoms with Crippen molar-refractivity contribution in [1.29, 1.82) is 0 Å². The lowest BCUT2D eigenvalue weighted by atomic mass is 10.0. The minimum Gasteiger partial charge on any atom is -0.497 e. The highest BCUT2D eigenvalue weighted by atomic mass is 32.1. The van der Waals surface area contributed by atoms with Crippen molar-refractivity contribution in [1.82, 2.24) is 20.2 Å². The van der Waals surface area contributed by atoms with Crippen LogP contribution < -0.4 is 15.4 Å². The zero-order valence-electron chi connectivity index (χ0n) is 16.7. The van der Waals surface area contributed by atoms with Crippen LogP contribution in [-0.2, 0) is 29.1 Å². The van der Waals surface area contributed by atoms with E-state index < -0.39 is 17.6 Å². The molecule has 0 radical (unpaired) electrons. The molecule has 0 aliphatic carbocycles. The summed E-state index contributed by atoms with van der Waals surface area (Å²) in [5.74, 6) is -0.951. The van der Waals surface area contributed by atoms with Gasteiger partial charge in [0.2, 0.25) is 0 Å². The molecule has 0 unspecified atom stereocenters. The van der Waals surface area contributed by atoms with E-state index in [-0.39, 0.29) is 18.7 Å². The van der Waals surface area contributed by atoms with Crippen LogP contribution in [0.25, 0.3) is 0 Å². The zero-order chi connectivity index (χ0) is 21.8. The Hall–Kier alpha value is -3.53. The molecule has 0 bridgehead atoms. The molecular formula is C21H20FN5O3S. The van der Waals surface area contributed by atoms with Gasteiger partial charge in [0.1, 0.15) is 17.4 Å². The Morgan fingerprint density at radius 3 is 2.90 bits per heavy atom. The van der Waals surface area contributed by atoms with E-state index >= 15 is 0 Å². The van der Waals surface area contributed by atoms with Crippen molar-refractivity contribution in [3.63, 3.8) is 0 Å². The number of anilines is 2. The number of methoxy groups -OCH3 is 1. The minimum absolute atomic E-state index is 0.0923. The number of benzene rings is 1. The molecule has 1 aliphatic rings. The van der Waals surface area contributed by atoms with Gasteiger partial charge in [-0.05, 0) is 24.1 Å². The molecule has 4 rings (SSSR count). The summed E-state index contributed by atoms with van der Waals surface area (Å²) in [5.41, 5.74) is 2.04. The van der Waals surface area contributed by atoms with E-state index in [1.54, 1.807) is 12.3 Å². The number of rotatable bonds is 5. The van der Waals surface area contributed by atoms with Gasteiger partial charge in [-0.25, -0.2) is 14.4 Å². The number of amides is 2. The van der Waals surface area contributed by atoms with Crippen LogP contribution in [-0.4, -0.2) is 40.3 Å². The van der Waals surface area contributed by atoms with Crippen molar-refractivity contribution in [2.24, 2.45) is 0 Å². The van der Waals surface area contributed by atoms with E-state index in [0.717, 1.165) is 16.4 Å². The fourth-order valence-electron chi connectivity index (χ4n) is 3.24. The van der Waals surface area contributed by atoms with Gasteiger partial charge in [-0.15, -0.1) is 11.3 Å². The molecule has 2 aromatic heterocycles. The van der Waals surface area contributed by atoms with Crippen LogP contribution in [0.15, 0.2) is 41.9 Å². The summed E-state index contributed by atoms with van der Waals surface area (Å²) in [5, 5.41) is 8.19. The van der Waals surface area contributed by atoms with Gasteiger partial charge in [0.05, 0.1) is 19.3 Å². The Labute approximate surface area is 182 Å². The number of ether oxygens (including phenoxy) is 1. The maximum absolute atomic E-state index is 14.0. The molecule has 160 valence electrons. The highest BCUT2D eigenvalue weighted by Crippen LogP contribution is 2.22. The van der Waals surface area contributed by atoms with Gasteiger partial charge >= 0.3 is 11.8 Å². The van der Waals surface area contributed by atoms with Crippen molar-refractivity contribution in [2.45, 2.75) is 19.5 Å². The van der Waals surface area contributed by atoms with E-state index in [9.17, 15) is 14.0 Å². The van der Waals surface area contributed by atoms with E-state index in [1.165, 1.54) is 35.5 Å². The average Bonchev–Trinajstić information content (AvgIpc) is 3.30. The molecule has 0 spiro atoms. The molecule has 0 saturated heterocycles. The summed E-state index contributed by atoms with van der Waals surface area (Å²) in [6.07, 6.45) is 2.30. The van der Waals surface area contributed by atoms with Gasteiger partial charge in [0, 0.05) is 36.3 Å². The number of pyridine rings is 1. The van der Waals surface area contributed by atoms with Crippen LogP contribution in [0.3, 0.4) is 0 Å². The Balaban J connectivity index is 1.38. The summed E-state index contributed by atoms with van der Waals surface area (Å²) in [7, 11) is 1.44. The van der Waals surface area contributed by atoms with Crippen molar-refractivity contribution in [3.05, 3.63) is 64.5 Å². The lowest BCUT2D eigenvalue weighted by molar-refractivity contribution is -0.146. The predicted octanol–water partition coefficient (Wildman–Crippen LogP) is 2.63. The number of fused-ring (bicyclic) bond motifs is 1. The van der Waals surface area contributed by atoms with Crippen LogP contribution in [0.1, 0.15) is 16.8 Å². The molecule has 2 amide bonds. The molecule has 8 nitrogen and oxygen atoms in total. The first-order chi connectivity index (χ1) is 15.0. The second-order valence-electron chi connectivity index (χ2n) is 6.88. The average molecular weight is 441 g/mol. The monoisotopic (exact) mass is 441 g/mol. The second-order valence-corrected chi connectivity index (χ2v) is 7.78. The molecule has 3 heterocycles. The summed E-state index contributed by atoms with van der Waals surface area (Å²) in [6, 6.07) is 8.17. The Kier molecular flexibility index (Phi) is 6.08. The van der Waals surface area contributed by atoms with Crippen LogP contribution in [0.5, 0.6) is 5.75 Å². The predicted molar refractivity (Wildman–Crippen MR) is 114 cm³/mol. The smallest absolute Gasteiger partial charge is 0.312 e. The number of hydrogen-bond acceptors (Lipinski definition) is 7. The molecule has 1 aromatic carbocycles. The quantitative estimate of drug-likeness (QED) is 0.591. The van der Waals surface area contributed by atoms with Gasteiger partial charge in [-0.3, -0.25) is 9.59 Å². The molecule has 3 aromatic rings. The number of carbonyl (C=O) groups is 2. The van der Waals surface area contributed by atoms with Crippen LogP contribution >= 0.6 is 11.3 Å². The molecule has 0 atom stereocenters. The number of nitrogens with zero attached hydrogens (tertiary/aromatic N) is 3. The first-order valence-electron chi connectivity index (χ1n) is 9.58. The summed E-state index contributed by atoms with van der Waals surface area (Å²) in [4.78, 5) is 35.1. The van der Waals surface area contributed by atoms with Gasteiger partial charge in [0.25, 0.3) is 0 Å². The Morgan fingerprint density at radius 2 is 2.16 bits per heavy atom. The first-order valence-corrected chi connectivity index (χ1v) is 10.5. The summed E-state index contributed by atoms with van der Waals surface area (Å²) >= 11 is 1.46. The van der Waals surface area contributed by atoms with Crippen molar-refractivity contribution in [2.75, 3.05) is 19.0 Å². The largest absolute Gasteiger partial charge is 0.497 e. The third kappa shape index (κ3) is 4.80. The number of nitrogens with one attached hydrogen (secondary N) is 2. The lowest BCUT2D eigenvalue weighted by Gasteiger charge is -2.27. The van der Waals surface area contributed by atoms with E-state index in [4.69, 9.17) is 4.74 Å². The summed E-state index contributed by atoms with van der Waals surface area (Å²) in [6.45, 7) is 0.550. The third-order valence-electron chi connectivity index (χ3n) is 4.91. The van der Waals surface area contributed by atoms with E-state index in [0.29, 0.717) is 24.5 Å². The topological polar surface area (TPSA) is 96.5 Å². The molecule has 2 N–H and O–H groups in total. The number of thiazole rings is 1. The van der Waals surface area contributed by atoms with Gasteiger partial charge < -0.3 is 20.3 Å². The lowest BCUT2D eigenvalue weighted by Crippen LogP contribution is -2.45. The van der Waals surface area contributed by atoms with Crippen molar-refractivity contribution in [3.8, 4) is 5.75 Å². The number of carbonyl (C=O) groups excluding carboxylic acids is 2. The zero-order valence-corrected chi connectivity index (χ0v) is 17.5. The fourth-order valence-corrected chi connectivity index (χ4v) is 3.78. The van der Waals surface area contributed by atoms with Crippen molar-refractivity contribution < 1.29 is 18.7 Å². The number of aromatic nitrogens is 2. The Bertz CT molecular complexity index is 1110. The fraction of sp³-hybridized carbons (Fsp3) is 0.238. The Morgan fingerprint density at radius 1 is 1.29 bits per heavy atom. The van der Waals surface area contributed by atoms with Gasteiger partial charge in [-0.2, -0.15) is 0 Å². The van der Waals surface area contributed by atoms with Gasteiger partial charge in [-0.1, -0.05) is 12.1 Å². The molecule has 0 saturated carbocycles. The maximum Gasteiger partial charge on any atom is 0.312 e.